The van der Waals surface area contributed by atoms with Gasteiger partial charge in [0.2, 0.25) is 0 Å². The lowest BCUT2D eigenvalue weighted by atomic mass is 10.1. The van der Waals surface area contributed by atoms with Crippen LogP contribution in [0.2, 0.25) is 0 Å². The molecule has 0 unspecified atom stereocenters. The van der Waals surface area contributed by atoms with Gasteiger partial charge in [-0.15, -0.1) is 0 Å². The molecule has 1 aromatic rings. The van der Waals surface area contributed by atoms with Gasteiger partial charge in [-0.05, 0) is 19.4 Å². The predicted molar refractivity (Wildman–Crippen MR) is 88.1 cm³/mol. The van der Waals surface area contributed by atoms with Crippen LogP contribution in [0.4, 0.5) is 21.9 Å². The van der Waals surface area contributed by atoms with Crippen molar-refractivity contribution in [3.8, 4) is 0 Å². The number of fused-ring (bicyclic) bond motifs is 1. The van der Waals surface area contributed by atoms with Crippen molar-refractivity contribution < 1.29 is 9.72 Å². The minimum absolute atomic E-state index is 0.0680. The molecule has 0 saturated carbocycles. The van der Waals surface area contributed by atoms with E-state index in [0.717, 1.165) is 24.2 Å². The Kier molecular flexibility index (Phi) is 4.22. The molecule has 1 aromatic carbocycles. The van der Waals surface area contributed by atoms with Gasteiger partial charge in [0.05, 0.1) is 4.92 Å². The molecule has 2 aliphatic rings. The molecule has 0 bridgehead atoms. The van der Waals surface area contributed by atoms with Gasteiger partial charge < -0.3 is 20.4 Å². The van der Waals surface area contributed by atoms with Gasteiger partial charge in [-0.25, -0.2) is 4.79 Å². The van der Waals surface area contributed by atoms with Gasteiger partial charge in [0, 0.05) is 56.6 Å². The zero-order valence-electron chi connectivity index (χ0n) is 13.2. The van der Waals surface area contributed by atoms with Crippen molar-refractivity contribution in [2.75, 3.05) is 49.5 Å². The van der Waals surface area contributed by atoms with Crippen LogP contribution in [0.15, 0.2) is 12.1 Å². The minimum Gasteiger partial charge on any atom is -0.384 e. The molecule has 3 rings (SSSR count). The molecule has 2 aliphatic heterocycles. The highest BCUT2D eigenvalue weighted by atomic mass is 16.6. The average Bonchev–Trinajstić information content (AvgIpc) is 3.02. The molecular weight excluding hydrogens is 298 g/mol. The molecule has 1 saturated heterocycles. The van der Waals surface area contributed by atoms with Gasteiger partial charge in [-0.1, -0.05) is 0 Å². The summed E-state index contributed by atoms with van der Waals surface area (Å²) in [7, 11) is 0. The zero-order chi connectivity index (χ0) is 16.4. The van der Waals surface area contributed by atoms with Crippen molar-refractivity contribution in [3.05, 3.63) is 27.8 Å². The molecule has 2 amide bonds. The SMILES string of the molecule is CCNC(=O)N1CCN(c2c([N+](=O)[O-])ccc3c2CCN3)CC1. The van der Waals surface area contributed by atoms with Crippen LogP contribution >= 0.6 is 0 Å². The molecule has 2 N–H and O–H groups in total. The Hall–Kier alpha value is -2.51. The zero-order valence-corrected chi connectivity index (χ0v) is 13.2. The van der Waals surface area contributed by atoms with Crippen molar-refractivity contribution in [1.29, 1.82) is 0 Å². The maximum absolute atomic E-state index is 11.9. The third kappa shape index (κ3) is 2.88. The Labute approximate surface area is 134 Å². The summed E-state index contributed by atoms with van der Waals surface area (Å²) in [5, 5.41) is 17.5. The van der Waals surface area contributed by atoms with Crippen LogP contribution in [-0.4, -0.2) is 55.1 Å². The minimum atomic E-state index is -0.315. The van der Waals surface area contributed by atoms with Crippen LogP contribution in [0.5, 0.6) is 0 Å². The smallest absolute Gasteiger partial charge is 0.317 e. The van der Waals surface area contributed by atoms with Gasteiger partial charge in [0.15, 0.2) is 0 Å². The first kappa shape index (κ1) is 15.4. The fraction of sp³-hybridized carbons (Fsp3) is 0.533. The third-order valence-electron chi connectivity index (χ3n) is 4.36. The average molecular weight is 319 g/mol. The largest absolute Gasteiger partial charge is 0.384 e. The number of hydrogen-bond donors (Lipinski definition) is 2. The summed E-state index contributed by atoms with van der Waals surface area (Å²) in [6.07, 6.45) is 0.795. The standard InChI is InChI=1S/C15H21N5O3/c1-2-16-15(21)19-9-7-18(8-10-19)14-11-5-6-17-12(11)3-4-13(14)20(22)23/h3-4,17H,2,5-10H2,1H3,(H,16,21). The van der Waals surface area contributed by atoms with Crippen molar-refractivity contribution in [2.45, 2.75) is 13.3 Å². The van der Waals surface area contributed by atoms with Crippen LogP contribution in [0.3, 0.4) is 0 Å². The number of carbonyl (C=O) groups excluding carboxylic acids is 1. The van der Waals surface area contributed by atoms with Gasteiger partial charge in [-0.2, -0.15) is 0 Å². The van der Waals surface area contributed by atoms with Gasteiger partial charge in [0.25, 0.3) is 5.69 Å². The number of anilines is 2. The summed E-state index contributed by atoms with van der Waals surface area (Å²) in [5.41, 5.74) is 2.87. The third-order valence-corrected chi connectivity index (χ3v) is 4.36. The topological polar surface area (TPSA) is 90.8 Å². The molecular formula is C15H21N5O3. The number of amides is 2. The second-order valence-electron chi connectivity index (χ2n) is 5.70. The monoisotopic (exact) mass is 319 g/mol. The van der Waals surface area contributed by atoms with Gasteiger partial charge in [0.1, 0.15) is 5.69 Å². The van der Waals surface area contributed by atoms with E-state index in [1.807, 2.05) is 11.8 Å². The summed E-state index contributed by atoms with van der Waals surface area (Å²) >= 11 is 0. The summed E-state index contributed by atoms with van der Waals surface area (Å²) in [6.45, 7) is 5.64. The highest BCUT2D eigenvalue weighted by Crippen LogP contribution is 2.39. The van der Waals surface area contributed by atoms with E-state index >= 15 is 0 Å². The van der Waals surface area contributed by atoms with Crippen molar-refractivity contribution in [2.24, 2.45) is 0 Å². The second-order valence-corrected chi connectivity index (χ2v) is 5.70. The molecule has 0 radical (unpaired) electrons. The maximum atomic E-state index is 11.9. The van der Waals surface area contributed by atoms with E-state index < -0.39 is 0 Å². The molecule has 8 nitrogen and oxygen atoms in total. The Morgan fingerprint density at radius 2 is 2.09 bits per heavy atom. The molecule has 0 atom stereocenters. The Bertz CT molecular complexity index is 626. The van der Waals surface area contributed by atoms with Gasteiger partial charge in [-0.3, -0.25) is 10.1 Å². The van der Waals surface area contributed by atoms with E-state index in [1.54, 1.807) is 17.0 Å². The summed E-state index contributed by atoms with van der Waals surface area (Å²) in [4.78, 5) is 26.8. The molecule has 0 aromatic heterocycles. The molecule has 23 heavy (non-hydrogen) atoms. The number of nitro benzene ring substituents is 1. The number of urea groups is 1. The second kappa shape index (κ2) is 6.31. The Morgan fingerprint density at radius 1 is 1.35 bits per heavy atom. The number of piperazine rings is 1. The van der Waals surface area contributed by atoms with Crippen LogP contribution in [0.1, 0.15) is 12.5 Å². The van der Waals surface area contributed by atoms with E-state index in [-0.39, 0.29) is 16.6 Å². The molecule has 8 heteroatoms. The lowest BCUT2D eigenvalue weighted by Crippen LogP contribution is -2.52. The quantitative estimate of drug-likeness (QED) is 0.649. The number of nitrogens with zero attached hydrogens (tertiary/aromatic N) is 3. The first-order chi connectivity index (χ1) is 11.1. The first-order valence-electron chi connectivity index (χ1n) is 7.93. The molecule has 0 spiro atoms. The van der Waals surface area contributed by atoms with E-state index in [4.69, 9.17) is 0 Å². The first-order valence-corrected chi connectivity index (χ1v) is 7.93. The van der Waals surface area contributed by atoms with E-state index in [9.17, 15) is 14.9 Å². The summed E-state index contributed by atoms with van der Waals surface area (Å²) < 4.78 is 0. The highest BCUT2D eigenvalue weighted by Gasteiger charge is 2.30. The fourth-order valence-corrected chi connectivity index (χ4v) is 3.26. The Balaban J connectivity index is 1.82. The van der Waals surface area contributed by atoms with Crippen LogP contribution in [0, 0.1) is 10.1 Å². The number of rotatable bonds is 3. The molecule has 124 valence electrons. The lowest BCUT2D eigenvalue weighted by molar-refractivity contribution is -0.384. The number of nitrogens with one attached hydrogen (secondary N) is 2. The summed E-state index contributed by atoms with van der Waals surface area (Å²) in [5.74, 6) is 0. The number of benzene rings is 1. The van der Waals surface area contributed by atoms with Gasteiger partial charge >= 0.3 is 6.03 Å². The maximum Gasteiger partial charge on any atom is 0.317 e. The van der Waals surface area contributed by atoms with Crippen LogP contribution < -0.4 is 15.5 Å². The number of nitro groups is 1. The van der Waals surface area contributed by atoms with E-state index in [1.165, 1.54) is 0 Å². The van der Waals surface area contributed by atoms with Crippen LogP contribution in [0.25, 0.3) is 0 Å². The Morgan fingerprint density at radius 3 is 2.74 bits per heavy atom. The summed E-state index contributed by atoms with van der Waals surface area (Å²) in [6, 6.07) is 3.29. The van der Waals surface area contributed by atoms with E-state index in [0.29, 0.717) is 38.4 Å². The molecule has 1 fully saturated rings. The van der Waals surface area contributed by atoms with Crippen molar-refractivity contribution in [3.63, 3.8) is 0 Å². The number of carbonyl (C=O) groups is 1. The van der Waals surface area contributed by atoms with E-state index in [2.05, 4.69) is 10.6 Å². The van der Waals surface area contributed by atoms with Crippen molar-refractivity contribution >= 4 is 23.1 Å². The normalized spacial score (nSPS) is 16.7. The predicted octanol–water partition coefficient (Wildman–Crippen LogP) is 1.41. The lowest BCUT2D eigenvalue weighted by Gasteiger charge is -2.36. The molecule has 0 aliphatic carbocycles. The highest BCUT2D eigenvalue weighted by molar-refractivity contribution is 5.79. The fourth-order valence-electron chi connectivity index (χ4n) is 3.26. The molecule has 2 heterocycles. The van der Waals surface area contributed by atoms with Crippen molar-refractivity contribution in [1.82, 2.24) is 10.2 Å². The van der Waals surface area contributed by atoms with Crippen LogP contribution in [-0.2, 0) is 6.42 Å². The number of hydrogen-bond acceptors (Lipinski definition) is 5.